The van der Waals surface area contributed by atoms with Crippen LogP contribution in [0.25, 0.3) is 0 Å². The minimum absolute atomic E-state index is 0.00515. The number of nitrogens with zero attached hydrogens (tertiary/aromatic N) is 1. The number of hydrogen-bond acceptors (Lipinski definition) is 3. The SMILES string of the molecule is O=C(NC1(CO)CCCC1)C1CC(=O)N(CC2CC2)C1. The second-order valence-corrected chi connectivity index (χ2v) is 6.78. The van der Waals surface area contributed by atoms with Crippen LogP contribution in [0.5, 0.6) is 0 Å². The first-order valence-corrected chi connectivity index (χ1v) is 7.82. The van der Waals surface area contributed by atoms with Gasteiger partial charge in [0.2, 0.25) is 11.8 Å². The largest absolute Gasteiger partial charge is 0.394 e. The quantitative estimate of drug-likeness (QED) is 0.777. The molecule has 0 aromatic heterocycles. The molecule has 2 saturated carbocycles. The fraction of sp³-hybridized carbons (Fsp3) is 0.867. The Morgan fingerprint density at radius 1 is 1.35 bits per heavy atom. The topological polar surface area (TPSA) is 69.6 Å². The molecular weight excluding hydrogens is 256 g/mol. The molecule has 20 heavy (non-hydrogen) atoms. The van der Waals surface area contributed by atoms with Crippen molar-refractivity contribution in [2.24, 2.45) is 11.8 Å². The maximum atomic E-state index is 12.4. The summed E-state index contributed by atoms with van der Waals surface area (Å²) in [6.45, 7) is 1.39. The maximum absolute atomic E-state index is 12.4. The minimum Gasteiger partial charge on any atom is -0.394 e. The van der Waals surface area contributed by atoms with E-state index in [9.17, 15) is 14.7 Å². The van der Waals surface area contributed by atoms with Gasteiger partial charge in [-0.2, -0.15) is 0 Å². The van der Waals surface area contributed by atoms with Gasteiger partial charge in [0.25, 0.3) is 0 Å². The van der Waals surface area contributed by atoms with Crippen LogP contribution in [0.15, 0.2) is 0 Å². The molecular formula is C15H24N2O3. The van der Waals surface area contributed by atoms with Crippen molar-refractivity contribution < 1.29 is 14.7 Å². The second-order valence-electron chi connectivity index (χ2n) is 6.78. The van der Waals surface area contributed by atoms with Gasteiger partial charge in [0.1, 0.15) is 0 Å². The first-order chi connectivity index (χ1) is 9.62. The van der Waals surface area contributed by atoms with E-state index in [1.807, 2.05) is 4.90 Å². The molecule has 0 aromatic rings. The Morgan fingerprint density at radius 2 is 2.05 bits per heavy atom. The number of aliphatic hydroxyl groups is 1. The normalized spacial score (nSPS) is 28.9. The van der Waals surface area contributed by atoms with Crippen LogP contribution in [-0.2, 0) is 9.59 Å². The molecule has 1 aliphatic heterocycles. The summed E-state index contributed by atoms with van der Waals surface area (Å²) < 4.78 is 0. The number of rotatable bonds is 5. The lowest BCUT2D eigenvalue weighted by atomic mass is 9.97. The number of amides is 2. The molecule has 2 N–H and O–H groups in total. The van der Waals surface area contributed by atoms with Gasteiger partial charge in [0.05, 0.1) is 18.1 Å². The van der Waals surface area contributed by atoms with Crippen molar-refractivity contribution in [3.63, 3.8) is 0 Å². The Kier molecular flexibility index (Phi) is 3.71. The molecule has 5 heteroatoms. The molecule has 1 unspecified atom stereocenters. The number of carbonyl (C=O) groups is 2. The third-order valence-electron chi connectivity index (χ3n) is 5.01. The van der Waals surface area contributed by atoms with Crippen LogP contribution in [0.1, 0.15) is 44.9 Å². The molecule has 0 bridgehead atoms. The summed E-state index contributed by atoms with van der Waals surface area (Å²) in [6.07, 6.45) is 6.57. The summed E-state index contributed by atoms with van der Waals surface area (Å²) in [7, 11) is 0. The molecule has 0 spiro atoms. The maximum Gasteiger partial charge on any atom is 0.225 e. The molecule has 5 nitrogen and oxygen atoms in total. The fourth-order valence-electron chi connectivity index (χ4n) is 3.47. The highest BCUT2D eigenvalue weighted by atomic mass is 16.3. The van der Waals surface area contributed by atoms with Gasteiger partial charge >= 0.3 is 0 Å². The van der Waals surface area contributed by atoms with E-state index in [-0.39, 0.29) is 24.3 Å². The van der Waals surface area contributed by atoms with Crippen LogP contribution < -0.4 is 5.32 Å². The van der Waals surface area contributed by atoms with Crippen molar-refractivity contribution in [1.82, 2.24) is 10.2 Å². The van der Waals surface area contributed by atoms with E-state index in [1.54, 1.807) is 0 Å². The standard InChI is InChI=1S/C15H24N2O3/c18-10-15(5-1-2-6-15)16-14(20)12-7-13(19)17(9-12)8-11-3-4-11/h11-12,18H,1-10H2,(H,16,20). The average Bonchev–Trinajstić information content (AvgIpc) is 3.00. The van der Waals surface area contributed by atoms with Gasteiger partial charge in [0, 0.05) is 19.5 Å². The summed E-state index contributed by atoms with van der Waals surface area (Å²) in [5.41, 5.74) is -0.427. The van der Waals surface area contributed by atoms with Crippen molar-refractivity contribution in [2.45, 2.75) is 50.5 Å². The number of aliphatic hydroxyl groups excluding tert-OH is 1. The molecule has 0 aromatic carbocycles. The Hall–Kier alpha value is -1.10. The molecule has 0 radical (unpaired) electrons. The van der Waals surface area contributed by atoms with E-state index in [0.717, 1.165) is 32.2 Å². The lowest BCUT2D eigenvalue weighted by Gasteiger charge is -2.29. The van der Waals surface area contributed by atoms with Crippen molar-refractivity contribution in [1.29, 1.82) is 0 Å². The molecule has 2 aliphatic carbocycles. The molecule has 1 atom stereocenters. The van der Waals surface area contributed by atoms with Crippen molar-refractivity contribution >= 4 is 11.8 Å². The van der Waals surface area contributed by atoms with Gasteiger partial charge in [-0.05, 0) is 31.6 Å². The van der Waals surface area contributed by atoms with Crippen molar-refractivity contribution in [3.8, 4) is 0 Å². The Balaban J connectivity index is 1.56. The third kappa shape index (κ3) is 2.82. The summed E-state index contributed by atoms with van der Waals surface area (Å²) in [5.74, 6) is 0.499. The summed E-state index contributed by atoms with van der Waals surface area (Å²) in [5, 5.41) is 12.6. The van der Waals surface area contributed by atoms with E-state index in [4.69, 9.17) is 0 Å². The second kappa shape index (κ2) is 5.35. The van der Waals surface area contributed by atoms with E-state index in [1.165, 1.54) is 12.8 Å². The average molecular weight is 280 g/mol. The summed E-state index contributed by atoms with van der Waals surface area (Å²) >= 11 is 0. The van der Waals surface area contributed by atoms with E-state index in [2.05, 4.69) is 5.32 Å². The lowest BCUT2D eigenvalue weighted by Crippen LogP contribution is -2.51. The molecule has 3 rings (SSSR count). The lowest BCUT2D eigenvalue weighted by molar-refractivity contribution is -0.130. The van der Waals surface area contributed by atoms with Gasteiger partial charge in [0.15, 0.2) is 0 Å². The first kappa shape index (κ1) is 13.9. The first-order valence-electron chi connectivity index (χ1n) is 7.82. The molecule has 3 fully saturated rings. The Morgan fingerprint density at radius 3 is 2.65 bits per heavy atom. The number of nitrogens with one attached hydrogen (secondary N) is 1. The van der Waals surface area contributed by atoms with Gasteiger partial charge < -0.3 is 15.3 Å². The highest BCUT2D eigenvalue weighted by Crippen LogP contribution is 2.33. The van der Waals surface area contributed by atoms with Gasteiger partial charge in [-0.1, -0.05) is 12.8 Å². The van der Waals surface area contributed by atoms with E-state index < -0.39 is 5.54 Å². The minimum atomic E-state index is -0.427. The zero-order chi connectivity index (χ0) is 14.2. The fourth-order valence-corrected chi connectivity index (χ4v) is 3.47. The van der Waals surface area contributed by atoms with E-state index >= 15 is 0 Å². The van der Waals surface area contributed by atoms with Crippen LogP contribution in [0.4, 0.5) is 0 Å². The van der Waals surface area contributed by atoms with Crippen LogP contribution in [0.2, 0.25) is 0 Å². The molecule has 1 saturated heterocycles. The highest BCUT2D eigenvalue weighted by molar-refractivity contribution is 5.89. The van der Waals surface area contributed by atoms with Crippen molar-refractivity contribution in [2.75, 3.05) is 19.7 Å². The molecule has 1 heterocycles. The number of carbonyl (C=O) groups excluding carboxylic acids is 2. The summed E-state index contributed by atoms with van der Waals surface area (Å²) in [4.78, 5) is 26.1. The Labute approximate surface area is 119 Å². The van der Waals surface area contributed by atoms with Crippen LogP contribution in [0.3, 0.4) is 0 Å². The zero-order valence-electron chi connectivity index (χ0n) is 11.9. The highest BCUT2D eigenvalue weighted by Gasteiger charge is 2.41. The summed E-state index contributed by atoms with van der Waals surface area (Å²) in [6, 6.07) is 0. The third-order valence-corrected chi connectivity index (χ3v) is 5.01. The predicted molar refractivity (Wildman–Crippen MR) is 73.8 cm³/mol. The number of hydrogen-bond donors (Lipinski definition) is 2. The molecule has 112 valence electrons. The molecule has 3 aliphatic rings. The smallest absolute Gasteiger partial charge is 0.225 e. The van der Waals surface area contributed by atoms with Gasteiger partial charge in [-0.15, -0.1) is 0 Å². The Bertz CT molecular complexity index is 400. The monoisotopic (exact) mass is 280 g/mol. The van der Waals surface area contributed by atoms with Gasteiger partial charge in [-0.25, -0.2) is 0 Å². The predicted octanol–water partition coefficient (Wildman–Crippen LogP) is 0.666. The van der Waals surface area contributed by atoms with Crippen molar-refractivity contribution in [3.05, 3.63) is 0 Å². The van der Waals surface area contributed by atoms with Crippen LogP contribution in [0, 0.1) is 11.8 Å². The molecule has 2 amide bonds. The number of likely N-dealkylation sites (tertiary alicyclic amines) is 1. The van der Waals surface area contributed by atoms with Crippen LogP contribution >= 0.6 is 0 Å². The van der Waals surface area contributed by atoms with Crippen LogP contribution in [-0.4, -0.2) is 47.1 Å². The van der Waals surface area contributed by atoms with E-state index in [0.29, 0.717) is 18.9 Å². The zero-order valence-corrected chi connectivity index (χ0v) is 11.9. The van der Waals surface area contributed by atoms with Gasteiger partial charge in [-0.3, -0.25) is 9.59 Å².